The summed E-state index contributed by atoms with van der Waals surface area (Å²) >= 11 is 0. The van der Waals surface area contributed by atoms with Crippen LogP contribution in [0.3, 0.4) is 0 Å². The van der Waals surface area contributed by atoms with Crippen LogP contribution in [0.1, 0.15) is 60.8 Å². The maximum absolute atomic E-state index is 12.5. The lowest BCUT2D eigenvalue weighted by atomic mass is 9.85. The molecule has 1 unspecified atom stereocenters. The zero-order valence-corrected chi connectivity index (χ0v) is 14.5. The molecule has 1 rings (SSSR count). The van der Waals surface area contributed by atoms with Gasteiger partial charge < -0.3 is 5.32 Å². The summed E-state index contributed by atoms with van der Waals surface area (Å²) in [5.41, 5.74) is 0. The summed E-state index contributed by atoms with van der Waals surface area (Å²) in [4.78, 5) is 26.1. The summed E-state index contributed by atoms with van der Waals surface area (Å²) in [6.07, 6.45) is 1.99. The molecule has 1 N–H and O–H groups in total. The predicted molar refractivity (Wildman–Crippen MR) is 85.8 cm³/mol. The van der Waals surface area contributed by atoms with Crippen LogP contribution >= 0.6 is 0 Å². The van der Waals surface area contributed by atoms with E-state index in [4.69, 9.17) is 0 Å². The third kappa shape index (κ3) is 4.29. The van der Waals surface area contributed by atoms with E-state index in [1.54, 1.807) is 0 Å². The first-order chi connectivity index (χ1) is 9.83. The highest BCUT2D eigenvalue weighted by Crippen LogP contribution is 2.23. The Hall–Kier alpha value is -0.900. The monoisotopic (exact) mass is 296 g/mol. The molecule has 1 heterocycles. The summed E-state index contributed by atoms with van der Waals surface area (Å²) in [7, 11) is 0. The van der Waals surface area contributed by atoms with Gasteiger partial charge in [-0.3, -0.25) is 14.5 Å². The lowest BCUT2D eigenvalue weighted by Gasteiger charge is -2.27. The molecular weight excluding hydrogens is 264 g/mol. The van der Waals surface area contributed by atoms with Crippen LogP contribution in [0.2, 0.25) is 0 Å². The number of nitrogens with zero attached hydrogens (tertiary/aromatic N) is 1. The summed E-state index contributed by atoms with van der Waals surface area (Å²) in [6.45, 7) is 13.7. The molecule has 1 fully saturated rings. The number of amides is 2. The van der Waals surface area contributed by atoms with Gasteiger partial charge in [0.25, 0.3) is 0 Å². The highest BCUT2D eigenvalue weighted by atomic mass is 16.2. The molecule has 4 nitrogen and oxygen atoms in total. The zero-order valence-electron chi connectivity index (χ0n) is 14.5. The summed E-state index contributed by atoms with van der Waals surface area (Å²) in [5, 5.41) is 3.35. The van der Waals surface area contributed by atoms with Crippen LogP contribution in [0.4, 0.5) is 0 Å². The van der Waals surface area contributed by atoms with E-state index < -0.39 is 0 Å². The van der Waals surface area contributed by atoms with E-state index in [-0.39, 0.29) is 23.9 Å². The first kappa shape index (κ1) is 18.1. The molecule has 0 radical (unpaired) electrons. The SMILES string of the molecule is CCC(CC)N1C(=O)CC(NCC(C(C)C)C(C)C)C1=O. The van der Waals surface area contributed by atoms with E-state index in [0.29, 0.717) is 24.2 Å². The summed E-state index contributed by atoms with van der Waals surface area (Å²) in [5.74, 6) is 1.62. The van der Waals surface area contributed by atoms with E-state index in [9.17, 15) is 9.59 Å². The molecule has 0 saturated carbocycles. The van der Waals surface area contributed by atoms with Crippen LogP contribution in [-0.4, -0.2) is 35.3 Å². The van der Waals surface area contributed by atoms with Gasteiger partial charge in [0.05, 0.1) is 12.5 Å². The van der Waals surface area contributed by atoms with Crippen molar-refractivity contribution >= 4 is 11.8 Å². The number of carbonyl (C=O) groups is 2. The number of hydrogen-bond donors (Lipinski definition) is 1. The van der Waals surface area contributed by atoms with E-state index in [0.717, 1.165) is 19.4 Å². The Morgan fingerprint density at radius 1 is 1.10 bits per heavy atom. The number of hydrogen-bond acceptors (Lipinski definition) is 3. The van der Waals surface area contributed by atoms with Crippen molar-refractivity contribution in [1.82, 2.24) is 10.2 Å². The second kappa shape index (κ2) is 7.92. The first-order valence-electron chi connectivity index (χ1n) is 8.42. The van der Waals surface area contributed by atoms with Gasteiger partial charge in [0.2, 0.25) is 11.8 Å². The Balaban J connectivity index is 2.66. The molecule has 0 aromatic carbocycles. The van der Waals surface area contributed by atoms with Gasteiger partial charge in [0, 0.05) is 6.04 Å². The van der Waals surface area contributed by atoms with E-state index in [2.05, 4.69) is 33.0 Å². The smallest absolute Gasteiger partial charge is 0.247 e. The van der Waals surface area contributed by atoms with Crippen molar-refractivity contribution in [1.29, 1.82) is 0 Å². The minimum absolute atomic E-state index is 0.0168. The Labute approximate surface area is 129 Å². The second-order valence-corrected chi connectivity index (χ2v) is 6.89. The minimum atomic E-state index is -0.321. The fraction of sp³-hybridized carbons (Fsp3) is 0.882. The van der Waals surface area contributed by atoms with Gasteiger partial charge in [0.1, 0.15) is 0 Å². The molecule has 0 aliphatic carbocycles. The maximum atomic E-state index is 12.5. The van der Waals surface area contributed by atoms with Crippen molar-refractivity contribution < 1.29 is 9.59 Å². The van der Waals surface area contributed by atoms with Crippen LogP contribution in [0, 0.1) is 17.8 Å². The second-order valence-electron chi connectivity index (χ2n) is 6.89. The van der Waals surface area contributed by atoms with Gasteiger partial charge in [-0.2, -0.15) is 0 Å². The van der Waals surface area contributed by atoms with Gasteiger partial charge in [0.15, 0.2) is 0 Å². The Morgan fingerprint density at radius 2 is 1.62 bits per heavy atom. The number of imide groups is 1. The molecule has 4 heteroatoms. The third-order valence-corrected chi connectivity index (χ3v) is 4.80. The molecule has 122 valence electrons. The molecule has 0 aromatic heterocycles. The van der Waals surface area contributed by atoms with Gasteiger partial charge in [-0.1, -0.05) is 41.5 Å². The van der Waals surface area contributed by atoms with Crippen LogP contribution < -0.4 is 5.32 Å². The van der Waals surface area contributed by atoms with Crippen LogP contribution in [-0.2, 0) is 9.59 Å². The number of carbonyl (C=O) groups excluding carboxylic acids is 2. The quantitative estimate of drug-likeness (QED) is 0.701. The van der Waals surface area contributed by atoms with Crippen molar-refractivity contribution in [3.63, 3.8) is 0 Å². The third-order valence-electron chi connectivity index (χ3n) is 4.80. The van der Waals surface area contributed by atoms with Crippen LogP contribution in [0.15, 0.2) is 0 Å². The topological polar surface area (TPSA) is 49.4 Å². The Morgan fingerprint density at radius 3 is 2.05 bits per heavy atom. The van der Waals surface area contributed by atoms with Crippen molar-refractivity contribution in [2.75, 3.05) is 6.54 Å². The number of likely N-dealkylation sites (tertiary alicyclic amines) is 1. The van der Waals surface area contributed by atoms with Gasteiger partial charge in [-0.25, -0.2) is 0 Å². The lowest BCUT2D eigenvalue weighted by Crippen LogP contribution is -2.45. The van der Waals surface area contributed by atoms with Crippen molar-refractivity contribution in [2.24, 2.45) is 17.8 Å². The van der Waals surface area contributed by atoms with Crippen LogP contribution in [0.25, 0.3) is 0 Å². The molecule has 0 spiro atoms. The van der Waals surface area contributed by atoms with Crippen molar-refractivity contribution in [2.45, 2.75) is 72.9 Å². The lowest BCUT2D eigenvalue weighted by molar-refractivity contribution is -0.141. The highest BCUT2D eigenvalue weighted by molar-refractivity contribution is 6.05. The van der Waals surface area contributed by atoms with Gasteiger partial charge >= 0.3 is 0 Å². The summed E-state index contributed by atoms with van der Waals surface area (Å²) < 4.78 is 0. The van der Waals surface area contributed by atoms with E-state index in [1.165, 1.54) is 4.90 Å². The summed E-state index contributed by atoms with van der Waals surface area (Å²) in [6, 6.07) is -0.263. The number of nitrogens with one attached hydrogen (secondary N) is 1. The van der Waals surface area contributed by atoms with Gasteiger partial charge in [-0.15, -0.1) is 0 Å². The zero-order chi connectivity index (χ0) is 16.2. The molecule has 1 atom stereocenters. The molecule has 0 aromatic rings. The van der Waals surface area contributed by atoms with Gasteiger partial charge in [-0.05, 0) is 37.1 Å². The van der Waals surface area contributed by atoms with E-state index >= 15 is 0 Å². The predicted octanol–water partition coefficient (Wildman–Crippen LogP) is 2.82. The van der Waals surface area contributed by atoms with Crippen molar-refractivity contribution in [3.8, 4) is 0 Å². The minimum Gasteiger partial charge on any atom is -0.305 e. The maximum Gasteiger partial charge on any atom is 0.247 e. The highest BCUT2D eigenvalue weighted by Gasteiger charge is 2.41. The molecule has 2 amide bonds. The molecule has 0 bridgehead atoms. The largest absolute Gasteiger partial charge is 0.305 e. The van der Waals surface area contributed by atoms with Crippen molar-refractivity contribution in [3.05, 3.63) is 0 Å². The van der Waals surface area contributed by atoms with Crippen LogP contribution in [0.5, 0.6) is 0 Å². The molecule has 1 saturated heterocycles. The Bertz CT molecular complexity index is 354. The Kier molecular flexibility index (Phi) is 6.85. The average molecular weight is 296 g/mol. The fourth-order valence-electron chi connectivity index (χ4n) is 3.37. The molecule has 1 aliphatic rings. The standard InChI is InChI=1S/C17H32N2O2/c1-7-13(8-2)19-16(20)9-15(17(19)21)18-10-14(11(3)4)12(5)6/h11-15,18H,7-10H2,1-6H3. The number of rotatable bonds is 8. The molecule has 1 aliphatic heterocycles. The molecular formula is C17H32N2O2. The molecule has 21 heavy (non-hydrogen) atoms. The fourth-order valence-corrected chi connectivity index (χ4v) is 3.37. The van der Waals surface area contributed by atoms with E-state index in [1.807, 2.05) is 13.8 Å². The normalized spacial score (nSPS) is 19.9. The average Bonchev–Trinajstić information content (AvgIpc) is 2.67. The first-order valence-corrected chi connectivity index (χ1v) is 8.42.